The Bertz CT molecular complexity index is 130. The molecule has 0 saturated heterocycles. The van der Waals surface area contributed by atoms with E-state index < -0.39 is 0 Å². The summed E-state index contributed by atoms with van der Waals surface area (Å²) in [6.07, 6.45) is 5.47. The fraction of sp³-hybridized carbons (Fsp3) is 0.556. The van der Waals surface area contributed by atoms with Crippen LogP contribution in [0.4, 0.5) is 0 Å². The van der Waals surface area contributed by atoms with Gasteiger partial charge in [-0.1, -0.05) is 42.2 Å². The van der Waals surface area contributed by atoms with Crippen LogP contribution in [0, 0.1) is 0 Å². The summed E-state index contributed by atoms with van der Waals surface area (Å²) in [5, 5.41) is 3.26. The topological polar surface area (TPSA) is 12.0 Å². The van der Waals surface area contributed by atoms with Gasteiger partial charge < -0.3 is 5.32 Å². The molecular weight excluding hydrogens is 249 g/mol. The van der Waals surface area contributed by atoms with Crippen molar-refractivity contribution in [3.05, 3.63) is 22.4 Å². The highest BCUT2D eigenvalue weighted by molar-refractivity contribution is 14.1. The molecule has 64 valence electrons. The highest BCUT2D eigenvalue weighted by Crippen LogP contribution is 2.00. The summed E-state index contributed by atoms with van der Waals surface area (Å²) in [6.45, 7) is 7.12. The molecule has 0 saturated carbocycles. The van der Waals surface area contributed by atoms with Gasteiger partial charge >= 0.3 is 0 Å². The third-order valence-corrected chi connectivity index (χ3v) is 1.84. The highest BCUT2D eigenvalue weighted by atomic mass is 127. The van der Waals surface area contributed by atoms with Crippen molar-refractivity contribution in [3.8, 4) is 0 Å². The zero-order valence-corrected chi connectivity index (χ0v) is 9.23. The lowest BCUT2D eigenvalue weighted by Gasteiger charge is -2.05. The number of hydrogen-bond donors (Lipinski definition) is 1. The minimum absolute atomic E-state index is 1.05. The molecule has 11 heavy (non-hydrogen) atoms. The van der Waals surface area contributed by atoms with Crippen LogP contribution >= 0.6 is 22.6 Å². The number of allylic oxidation sites excluding steroid dienone is 2. The van der Waals surface area contributed by atoms with Gasteiger partial charge in [0.15, 0.2) is 0 Å². The number of rotatable bonds is 6. The Morgan fingerprint density at radius 2 is 2.36 bits per heavy atom. The van der Waals surface area contributed by atoms with Gasteiger partial charge in [0.2, 0.25) is 0 Å². The zero-order valence-electron chi connectivity index (χ0n) is 7.07. The van der Waals surface area contributed by atoms with Gasteiger partial charge in [0, 0.05) is 12.2 Å². The van der Waals surface area contributed by atoms with Gasteiger partial charge in [-0.2, -0.15) is 0 Å². The molecular formula is C9H16IN. The van der Waals surface area contributed by atoms with E-state index in [4.69, 9.17) is 0 Å². The standard InChI is InChI=1S/C9H16IN/c1-3-8-11-9(2)6-4-5-7-10/h5,7,11H,2-4,6,8H2,1H3/b7-5+. The quantitative estimate of drug-likeness (QED) is 0.727. The molecule has 0 rings (SSSR count). The van der Waals surface area contributed by atoms with E-state index in [2.05, 4.69) is 47.5 Å². The van der Waals surface area contributed by atoms with Crippen molar-refractivity contribution in [2.75, 3.05) is 6.54 Å². The third kappa shape index (κ3) is 7.91. The molecule has 0 aromatic rings. The Morgan fingerprint density at radius 1 is 1.64 bits per heavy atom. The molecule has 0 aromatic heterocycles. The molecule has 0 spiro atoms. The Hall–Kier alpha value is 0.01000. The SMILES string of the molecule is C=C(CC/C=C/I)NCCC. The Morgan fingerprint density at radius 3 is 2.91 bits per heavy atom. The van der Waals surface area contributed by atoms with Crippen molar-refractivity contribution in [1.82, 2.24) is 5.32 Å². The molecule has 0 unspecified atom stereocenters. The zero-order chi connectivity index (χ0) is 8.53. The van der Waals surface area contributed by atoms with Crippen molar-refractivity contribution in [1.29, 1.82) is 0 Å². The third-order valence-electron chi connectivity index (χ3n) is 1.33. The first kappa shape index (κ1) is 11.0. The first-order valence-corrected chi connectivity index (χ1v) is 5.22. The first-order valence-electron chi connectivity index (χ1n) is 3.98. The average Bonchev–Trinajstić information content (AvgIpc) is 2.01. The van der Waals surface area contributed by atoms with E-state index in [1.165, 1.54) is 6.42 Å². The van der Waals surface area contributed by atoms with Gasteiger partial charge in [-0.05, 0) is 23.3 Å². The van der Waals surface area contributed by atoms with Crippen molar-refractivity contribution in [2.24, 2.45) is 0 Å². The summed E-state index contributed by atoms with van der Waals surface area (Å²) in [7, 11) is 0. The largest absolute Gasteiger partial charge is 0.389 e. The van der Waals surface area contributed by atoms with E-state index in [1.54, 1.807) is 0 Å². The minimum atomic E-state index is 1.05. The molecule has 0 amide bonds. The van der Waals surface area contributed by atoms with Gasteiger partial charge in [0.05, 0.1) is 0 Å². The fourth-order valence-electron chi connectivity index (χ4n) is 0.711. The average molecular weight is 265 g/mol. The van der Waals surface area contributed by atoms with Gasteiger partial charge in [0.25, 0.3) is 0 Å². The maximum Gasteiger partial charge on any atom is 0.0141 e. The maximum absolute atomic E-state index is 3.92. The summed E-state index contributed by atoms with van der Waals surface area (Å²) in [5.41, 5.74) is 1.15. The predicted molar refractivity (Wildman–Crippen MR) is 59.8 cm³/mol. The summed E-state index contributed by atoms with van der Waals surface area (Å²) in [5.74, 6) is 0. The molecule has 0 radical (unpaired) electrons. The van der Waals surface area contributed by atoms with Crippen LogP contribution in [0.25, 0.3) is 0 Å². The summed E-state index contributed by atoms with van der Waals surface area (Å²) in [4.78, 5) is 0. The highest BCUT2D eigenvalue weighted by Gasteiger charge is 1.88. The lowest BCUT2D eigenvalue weighted by atomic mass is 10.2. The smallest absolute Gasteiger partial charge is 0.0141 e. The van der Waals surface area contributed by atoms with Crippen molar-refractivity contribution >= 4 is 22.6 Å². The van der Waals surface area contributed by atoms with E-state index in [1.807, 2.05) is 4.08 Å². The van der Waals surface area contributed by atoms with Gasteiger partial charge in [-0.25, -0.2) is 0 Å². The Kier molecular flexibility index (Phi) is 8.12. The summed E-state index contributed by atoms with van der Waals surface area (Å²) < 4.78 is 2.05. The van der Waals surface area contributed by atoms with Gasteiger partial charge in [-0.3, -0.25) is 0 Å². The molecule has 0 aliphatic heterocycles. The van der Waals surface area contributed by atoms with Crippen LogP contribution in [0.2, 0.25) is 0 Å². The molecule has 2 heteroatoms. The Labute approximate surface area is 83.1 Å². The van der Waals surface area contributed by atoms with Crippen LogP contribution in [0.15, 0.2) is 22.4 Å². The van der Waals surface area contributed by atoms with E-state index in [9.17, 15) is 0 Å². The lowest BCUT2D eigenvalue weighted by Crippen LogP contribution is -2.12. The Balaban J connectivity index is 3.22. The number of nitrogens with one attached hydrogen (secondary N) is 1. The molecule has 0 atom stereocenters. The molecule has 0 aliphatic rings. The van der Waals surface area contributed by atoms with Crippen LogP contribution < -0.4 is 5.32 Å². The second-order valence-electron chi connectivity index (χ2n) is 2.43. The van der Waals surface area contributed by atoms with Crippen molar-refractivity contribution in [2.45, 2.75) is 26.2 Å². The molecule has 0 aromatic carbocycles. The second-order valence-corrected chi connectivity index (χ2v) is 3.15. The number of halogens is 1. The molecule has 1 N–H and O–H groups in total. The first-order chi connectivity index (χ1) is 5.31. The van der Waals surface area contributed by atoms with Crippen LogP contribution in [0.1, 0.15) is 26.2 Å². The van der Waals surface area contributed by atoms with Crippen molar-refractivity contribution in [3.63, 3.8) is 0 Å². The molecule has 0 bridgehead atoms. The minimum Gasteiger partial charge on any atom is -0.389 e. The van der Waals surface area contributed by atoms with E-state index in [0.717, 1.165) is 25.1 Å². The normalized spacial score (nSPS) is 10.4. The van der Waals surface area contributed by atoms with Crippen LogP contribution in [-0.2, 0) is 0 Å². The van der Waals surface area contributed by atoms with Crippen LogP contribution in [-0.4, -0.2) is 6.54 Å². The maximum atomic E-state index is 3.92. The van der Waals surface area contributed by atoms with E-state index >= 15 is 0 Å². The van der Waals surface area contributed by atoms with Crippen LogP contribution in [0.3, 0.4) is 0 Å². The predicted octanol–water partition coefficient (Wildman–Crippen LogP) is 3.23. The molecule has 0 heterocycles. The van der Waals surface area contributed by atoms with E-state index in [0.29, 0.717) is 0 Å². The van der Waals surface area contributed by atoms with Gasteiger partial charge in [-0.15, -0.1) is 0 Å². The molecule has 1 nitrogen and oxygen atoms in total. The van der Waals surface area contributed by atoms with Crippen molar-refractivity contribution < 1.29 is 0 Å². The molecule has 0 aliphatic carbocycles. The molecule has 0 fully saturated rings. The summed E-state index contributed by atoms with van der Waals surface area (Å²) in [6, 6.07) is 0. The van der Waals surface area contributed by atoms with E-state index in [-0.39, 0.29) is 0 Å². The fourth-order valence-corrected chi connectivity index (χ4v) is 1.07. The monoisotopic (exact) mass is 265 g/mol. The van der Waals surface area contributed by atoms with Gasteiger partial charge in [0.1, 0.15) is 0 Å². The lowest BCUT2D eigenvalue weighted by molar-refractivity contribution is 0.731. The number of hydrogen-bond acceptors (Lipinski definition) is 1. The summed E-state index contributed by atoms with van der Waals surface area (Å²) >= 11 is 2.23. The second kappa shape index (κ2) is 8.11. The van der Waals surface area contributed by atoms with Crippen LogP contribution in [0.5, 0.6) is 0 Å².